The number of ether oxygens (including phenoxy) is 2. The molecule has 25 heavy (non-hydrogen) atoms. The highest BCUT2D eigenvalue weighted by Crippen LogP contribution is 2.13. The molecule has 0 radical (unpaired) electrons. The maximum Gasteiger partial charge on any atom is 0.356 e. The van der Waals surface area contributed by atoms with E-state index in [1.54, 1.807) is 19.2 Å². The number of aromatic nitrogens is 1. The Morgan fingerprint density at radius 2 is 1.76 bits per heavy atom. The van der Waals surface area contributed by atoms with E-state index < -0.39 is 5.97 Å². The van der Waals surface area contributed by atoms with E-state index in [1.165, 1.54) is 18.7 Å². The van der Waals surface area contributed by atoms with Crippen LogP contribution in [0.25, 0.3) is 0 Å². The topological polar surface area (TPSA) is 77.5 Å². The van der Waals surface area contributed by atoms with E-state index in [0.717, 1.165) is 18.6 Å². The first-order valence-electron chi connectivity index (χ1n) is 8.02. The van der Waals surface area contributed by atoms with Crippen molar-refractivity contribution in [1.82, 2.24) is 10.3 Å². The van der Waals surface area contributed by atoms with Crippen molar-refractivity contribution in [2.75, 3.05) is 14.2 Å². The Morgan fingerprint density at radius 1 is 1.08 bits per heavy atom. The molecule has 6 heteroatoms. The number of nitrogens with zero attached hydrogens (tertiary/aromatic N) is 1. The summed E-state index contributed by atoms with van der Waals surface area (Å²) >= 11 is 0. The van der Waals surface area contributed by atoms with Crippen molar-refractivity contribution < 1.29 is 19.1 Å². The Kier molecular flexibility index (Phi) is 6.51. The minimum absolute atomic E-state index is 0.0295. The van der Waals surface area contributed by atoms with Crippen molar-refractivity contribution in [3.8, 4) is 5.75 Å². The molecule has 0 fully saturated rings. The predicted octanol–water partition coefficient (Wildman–Crippen LogP) is 2.63. The fourth-order valence-corrected chi connectivity index (χ4v) is 2.32. The van der Waals surface area contributed by atoms with E-state index in [9.17, 15) is 9.59 Å². The third kappa shape index (κ3) is 5.31. The van der Waals surface area contributed by atoms with Gasteiger partial charge in [0.15, 0.2) is 0 Å². The summed E-state index contributed by atoms with van der Waals surface area (Å²) in [7, 11) is 2.91. The van der Waals surface area contributed by atoms with E-state index in [-0.39, 0.29) is 23.3 Å². The number of methoxy groups -OCH3 is 2. The zero-order valence-electron chi connectivity index (χ0n) is 14.6. The van der Waals surface area contributed by atoms with Gasteiger partial charge in [0.1, 0.15) is 17.1 Å². The molecule has 1 aromatic carbocycles. The van der Waals surface area contributed by atoms with Crippen molar-refractivity contribution in [3.63, 3.8) is 0 Å². The van der Waals surface area contributed by atoms with Crippen molar-refractivity contribution in [2.24, 2.45) is 0 Å². The molecule has 132 valence electrons. The molecule has 1 amide bonds. The van der Waals surface area contributed by atoms with Crippen LogP contribution >= 0.6 is 0 Å². The van der Waals surface area contributed by atoms with Gasteiger partial charge in [-0.1, -0.05) is 18.2 Å². The third-order valence-electron chi connectivity index (χ3n) is 3.78. The van der Waals surface area contributed by atoms with Crippen molar-refractivity contribution in [2.45, 2.75) is 25.8 Å². The molecule has 0 saturated heterocycles. The molecule has 0 bridgehead atoms. The maximum absolute atomic E-state index is 12.3. The molecule has 0 aliphatic heterocycles. The lowest BCUT2D eigenvalue weighted by Crippen LogP contribution is -2.33. The first-order chi connectivity index (χ1) is 12.0. The number of nitrogens with one attached hydrogen (secondary N) is 1. The van der Waals surface area contributed by atoms with Crippen LogP contribution in [-0.2, 0) is 11.2 Å². The summed E-state index contributed by atoms with van der Waals surface area (Å²) in [4.78, 5) is 27.8. The van der Waals surface area contributed by atoms with Gasteiger partial charge < -0.3 is 14.8 Å². The van der Waals surface area contributed by atoms with Crippen LogP contribution < -0.4 is 10.1 Å². The Labute approximate surface area is 147 Å². The molecular formula is C19H22N2O4. The number of pyridine rings is 1. The van der Waals surface area contributed by atoms with Gasteiger partial charge in [-0.25, -0.2) is 9.78 Å². The number of hydrogen-bond acceptors (Lipinski definition) is 5. The van der Waals surface area contributed by atoms with Crippen molar-refractivity contribution in [3.05, 3.63) is 59.4 Å². The van der Waals surface area contributed by atoms with Crippen LogP contribution in [0.1, 0.15) is 39.9 Å². The second-order valence-corrected chi connectivity index (χ2v) is 5.66. The van der Waals surface area contributed by atoms with Gasteiger partial charge in [0, 0.05) is 6.04 Å². The molecule has 1 atom stereocenters. The average molecular weight is 342 g/mol. The number of aryl methyl sites for hydroxylation is 1. The van der Waals surface area contributed by atoms with Crippen LogP contribution in [0.3, 0.4) is 0 Å². The molecule has 6 nitrogen and oxygen atoms in total. The maximum atomic E-state index is 12.3. The van der Waals surface area contributed by atoms with Gasteiger partial charge in [0.2, 0.25) is 0 Å². The standard InChI is InChI=1S/C19H22N2O4/c1-13(7-8-14-9-11-15(24-2)12-10-14)20-18(22)16-5-4-6-17(21-16)19(23)25-3/h4-6,9-13H,7-8H2,1-3H3,(H,20,22)/t13-/m1/s1. The number of benzene rings is 1. The van der Waals surface area contributed by atoms with E-state index in [1.807, 2.05) is 31.2 Å². The molecule has 1 N–H and O–H groups in total. The molecular weight excluding hydrogens is 320 g/mol. The highest BCUT2D eigenvalue weighted by Gasteiger charge is 2.14. The first-order valence-corrected chi connectivity index (χ1v) is 8.02. The summed E-state index contributed by atoms with van der Waals surface area (Å²) in [5, 5.41) is 2.89. The van der Waals surface area contributed by atoms with Crippen LogP contribution in [0.2, 0.25) is 0 Å². The van der Waals surface area contributed by atoms with Crippen LogP contribution in [0.15, 0.2) is 42.5 Å². The molecule has 2 aromatic rings. The summed E-state index contributed by atoms with van der Waals surface area (Å²) in [5.74, 6) is -0.0585. The van der Waals surface area contributed by atoms with Crippen LogP contribution in [0.4, 0.5) is 0 Å². The Bertz CT molecular complexity index is 728. The summed E-state index contributed by atoms with van der Waals surface area (Å²) in [6, 6.07) is 12.5. The van der Waals surface area contributed by atoms with Gasteiger partial charge in [-0.05, 0) is 49.6 Å². The third-order valence-corrected chi connectivity index (χ3v) is 3.78. The number of carbonyl (C=O) groups is 2. The fraction of sp³-hybridized carbons (Fsp3) is 0.316. The van der Waals surface area contributed by atoms with Gasteiger partial charge in [0.05, 0.1) is 14.2 Å². The summed E-state index contributed by atoms with van der Waals surface area (Å²) in [6.07, 6.45) is 1.62. The normalized spacial score (nSPS) is 11.5. The minimum atomic E-state index is -0.567. The van der Waals surface area contributed by atoms with Crippen LogP contribution in [0.5, 0.6) is 5.75 Å². The lowest BCUT2D eigenvalue weighted by molar-refractivity contribution is 0.0594. The van der Waals surface area contributed by atoms with Crippen molar-refractivity contribution in [1.29, 1.82) is 0 Å². The fourth-order valence-electron chi connectivity index (χ4n) is 2.32. The minimum Gasteiger partial charge on any atom is -0.497 e. The molecule has 1 aromatic heterocycles. The molecule has 0 spiro atoms. The largest absolute Gasteiger partial charge is 0.497 e. The van der Waals surface area contributed by atoms with Crippen molar-refractivity contribution >= 4 is 11.9 Å². The van der Waals surface area contributed by atoms with Gasteiger partial charge in [-0.3, -0.25) is 4.79 Å². The second kappa shape index (κ2) is 8.82. The summed E-state index contributed by atoms with van der Waals surface area (Å²) in [6.45, 7) is 1.94. The predicted molar refractivity (Wildman–Crippen MR) is 93.8 cm³/mol. The van der Waals surface area contributed by atoms with Crippen LogP contribution in [-0.4, -0.2) is 37.1 Å². The number of esters is 1. The Morgan fingerprint density at radius 3 is 2.40 bits per heavy atom. The lowest BCUT2D eigenvalue weighted by atomic mass is 10.1. The Hall–Kier alpha value is -2.89. The number of hydrogen-bond donors (Lipinski definition) is 1. The van der Waals surface area contributed by atoms with E-state index in [2.05, 4.69) is 15.0 Å². The molecule has 0 aliphatic carbocycles. The zero-order chi connectivity index (χ0) is 18.2. The number of rotatable bonds is 7. The van der Waals surface area contributed by atoms with E-state index >= 15 is 0 Å². The number of amides is 1. The van der Waals surface area contributed by atoms with Gasteiger partial charge in [-0.2, -0.15) is 0 Å². The summed E-state index contributed by atoms with van der Waals surface area (Å²) < 4.78 is 9.75. The molecule has 0 aliphatic rings. The molecule has 0 unspecified atom stereocenters. The number of carbonyl (C=O) groups excluding carboxylic acids is 2. The van der Waals surface area contributed by atoms with E-state index in [0.29, 0.717) is 0 Å². The molecule has 1 heterocycles. The SMILES string of the molecule is COC(=O)c1cccc(C(=O)N[C@H](C)CCc2ccc(OC)cc2)n1. The molecule has 2 rings (SSSR count). The zero-order valence-corrected chi connectivity index (χ0v) is 14.6. The van der Waals surface area contributed by atoms with Crippen LogP contribution in [0, 0.1) is 0 Å². The first kappa shape index (κ1) is 18.4. The van der Waals surface area contributed by atoms with Gasteiger partial charge >= 0.3 is 5.97 Å². The second-order valence-electron chi connectivity index (χ2n) is 5.66. The highest BCUT2D eigenvalue weighted by atomic mass is 16.5. The van der Waals surface area contributed by atoms with Gasteiger partial charge in [0.25, 0.3) is 5.91 Å². The smallest absolute Gasteiger partial charge is 0.356 e. The monoisotopic (exact) mass is 342 g/mol. The Balaban J connectivity index is 1.90. The highest BCUT2D eigenvalue weighted by molar-refractivity contribution is 5.94. The van der Waals surface area contributed by atoms with E-state index in [4.69, 9.17) is 4.74 Å². The summed E-state index contributed by atoms with van der Waals surface area (Å²) in [5.41, 5.74) is 1.48. The quantitative estimate of drug-likeness (QED) is 0.783. The average Bonchev–Trinajstić information content (AvgIpc) is 2.66. The molecule has 0 saturated carbocycles. The lowest BCUT2D eigenvalue weighted by Gasteiger charge is -2.14. The van der Waals surface area contributed by atoms with Gasteiger partial charge in [-0.15, -0.1) is 0 Å².